The summed E-state index contributed by atoms with van der Waals surface area (Å²) in [5.74, 6) is 0.757. The van der Waals surface area contributed by atoms with Crippen LogP contribution in [0.3, 0.4) is 0 Å². The van der Waals surface area contributed by atoms with Gasteiger partial charge in [0.15, 0.2) is 11.6 Å². The Bertz CT molecular complexity index is 487. The fourth-order valence-electron chi connectivity index (χ4n) is 2.24. The van der Waals surface area contributed by atoms with Crippen molar-refractivity contribution in [2.75, 3.05) is 36.4 Å². The van der Waals surface area contributed by atoms with Crippen LogP contribution in [0, 0.1) is 5.82 Å². The molecule has 108 valence electrons. The van der Waals surface area contributed by atoms with Crippen molar-refractivity contribution in [3.05, 3.63) is 17.9 Å². The highest BCUT2D eigenvalue weighted by Crippen LogP contribution is 2.26. The van der Waals surface area contributed by atoms with Gasteiger partial charge in [-0.05, 0) is 25.0 Å². The van der Waals surface area contributed by atoms with E-state index in [1.54, 1.807) is 11.1 Å². The Kier molecular flexibility index (Phi) is 3.68. The van der Waals surface area contributed by atoms with Crippen LogP contribution < -0.4 is 10.2 Å². The maximum atomic E-state index is 13.9. The van der Waals surface area contributed by atoms with E-state index < -0.39 is 0 Å². The maximum absolute atomic E-state index is 13.9. The minimum absolute atomic E-state index is 0.323. The average Bonchev–Trinajstić information content (AvgIpc) is 3.26. The number of hydrogen-bond donors (Lipinski definition) is 1. The number of pyridine rings is 1. The Morgan fingerprint density at radius 3 is 2.70 bits per heavy atom. The molecule has 0 aromatic carbocycles. The molecule has 1 saturated heterocycles. The number of halogens is 1. The molecule has 1 aromatic rings. The second kappa shape index (κ2) is 5.62. The van der Waals surface area contributed by atoms with Crippen molar-refractivity contribution in [1.82, 2.24) is 10.0 Å². The van der Waals surface area contributed by atoms with Gasteiger partial charge in [0.2, 0.25) is 0 Å². The molecule has 0 radical (unpaired) electrons. The Morgan fingerprint density at radius 2 is 2.05 bits per heavy atom. The first-order valence-corrected chi connectivity index (χ1v) is 6.79. The Balaban J connectivity index is 1.67. The molecular formula is C13H17FN4O2. The summed E-state index contributed by atoms with van der Waals surface area (Å²) in [5.41, 5.74) is 0. The molecule has 1 N–H and O–H groups in total. The van der Waals surface area contributed by atoms with Gasteiger partial charge in [-0.15, -0.1) is 5.06 Å². The molecule has 2 aliphatic rings. The number of rotatable bonds is 5. The highest BCUT2D eigenvalue weighted by Gasteiger charge is 2.24. The normalized spacial score (nSPS) is 19.8. The number of aromatic nitrogens is 1. The molecule has 0 spiro atoms. The third-order valence-electron chi connectivity index (χ3n) is 3.49. The highest BCUT2D eigenvalue weighted by atomic mass is 19.1. The molecule has 6 nitrogen and oxygen atoms in total. The predicted octanol–water partition coefficient (Wildman–Crippen LogP) is 1.00. The Morgan fingerprint density at radius 1 is 1.30 bits per heavy atom. The molecule has 0 amide bonds. The first-order chi connectivity index (χ1) is 9.76. The zero-order valence-corrected chi connectivity index (χ0v) is 11.1. The summed E-state index contributed by atoms with van der Waals surface area (Å²) in [6.45, 7) is 2.64. The molecule has 1 aliphatic heterocycles. The smallest absolute Gasteiger partial charge is 0.312 e. The molecule has 7 heteroatoms. The van der Waals surface area contributed by atoms with Gasteiger partial charge in [0.05, 0.1) is 13.1 Å². The summed E-state index contributed by atoms with van der Waals surface area (Å²) < 4.78 is 13.9. The van der Waals surface area contributed by atoms with E-state index in [-0.39, 0.29) is 5.82 Å². The van der Waals surface area contributed by atoms with Crippen molar-refractivity contribution in [3.63, 3.8) is 0 Å². The summed E-state index contributed by atoms with van der Waals surface area (Å²) in [7, 11) is 0. The van der Waals surface area contributed by atoms with E-state index in [9.17, 15) is 9.18 Å². The first kappa shape index (κ1) is 13.1. The van der Waals surface area contributed by atoms with E-state index in [1.807, 2.05) is 4.90 Å². The van der Waals surface area contributed by atoms with Crippen LogP contribution in [-0.4, -0.2) is 48.7 Å². The molecule has 1 saturated carbocycles. The van der Waals surface area contributed by atoms with Crippen LogP contribution in [0.4, 0.5) is 16.0 Å². The van der Waals surface area contributed by atoms with Gasteiger partial charge < -0.3 is 15.1 Å². The third kappa shape index (κ3) is 2.98. The lowest BCUT2D eigenvalue weighted by Gasteiger charge is -2.33. The van der Waals surface area contributed by atoms with Crippen molar-refractivity contribution in [2.24, 2.45) is 0 Å². The summed E-state index contributed by atoms with van der Waals surface area (Å²) in [4.78, 5) is 21.3. The largest absolute Gasteiger partial charge is 0.371 e. The lowest BCUT2D eigenvalue weighted by Crippen LogP contribution is -2.46. The number of piperazine rings is 1. The number of hydrogen-bond acceptors (Lipinski definition) is 6. The Hall–Kier alpha value is -1.89. The summed E-state index contributed by atoms with van der Waals surface area (Å²) >= 11 is 0. The van der Waals surface area contributed by atoms with E-state index in [1.165, 1.54) is 6.07 Å². The molecule has 20 heavy (non-hydrogen) atoms. The van der Waals surface area contributed by atoms with Crippen molar-refractivity contribution in [2.45, 2.75) is 18.9 Å². The van der Waals surface area contributed by atoms with Crippen LogP contribution >= 0.6 is 0 Å². The molecule has 3 rings (SSSR count). The standard InChI is InChI=1S/C13H17FN4O2/c14-11-3-4-12(15-10-1-2-10)16-13(11)17-5-7-18(8-6-17)20-9-19/h3-4,9-10H,1-2,5-8H2,(H,15,16). The zero-order valence-electron chi connectivity index (χ0n) is 11.1. The average molecular weight is 280 g/mol. The molecule has 0 unspecified atom stereocenters. The van der Waals surface area contributed by atoms with Crippen molar-refractivity contribution in [3.8, 4) is 0 Å². The highest BCUT2D eigenvalue weighted by molar-refractivity contribution is 5.49. The summed E-state index contributed by atoms with van der Waals surface area (Å²) in [6, 6.07) is 3.60. The number of carbonyl (C=O) groups excluding carboxylic acids is 1. The lowest BCUT2D eigenvalue weighted by molar-refractivity contribution is -0.174. The molecule has 2 heterocycles. The second-order valence-electron chi connectivity index (χ2n) is 5.04. The van der Waals surface area contributed by atoms with Crippen LogP contribution in [0.25, 0.3) is 0 Å². The van der Waals surface area contributed by atoms with E-state index in [2.05, 4.69) is 10.3 Å². The molecule has 1 aliphatic carbocycles. The van der Waals surface area contributed by atoms with E-state index in [4.69, 9.17) is 4.84 Å². The molecular weight excluding hydrogens is 263 g/mol. The van der Waals surface area contributed by atoms with Crippen LogP contribution in [0.5, 0.6) is 0 Å². The van der Waals surface area contributed by atoms with Crippen molar-refractivity contribution in [1.29, 1.82) is 0 Å². The quantitative estimate of drug-likeness (QED) is 0.812. The van der Waals surface area contributed by atoms with Crippen LogP contribution in [-0.2, 0) is 9.63 Å². The van der Waals surface area contributed by atoms with Crippen molar-refractivity contribution < 1.29 is 14.0 Å². The van der Waals surface area contributed by atoms with Gasteiger partial charge in [-0.25, -0.2) is 9.37 Å². The molecule has 0 atom stereocenters. The van der Waals surface area contributed by atoms with Crippen molar-refractivity contribution >= 4 is 18.1 Å². The SMILES string of the molecule is O=CON1CCN(c2nc(NC3CC3)ccc2F)CC1. The van der Waals surface area contributed by atoms with Gasteiger partial charge in [-0.3, -0.25) is 4.79 Å². The van der Waals surface area contributed by atoms with Gasteiger partial charge in [-0.1, -0.05) is 0 Å². The minimum Gasteiger partial charge on any atom is -0.371 e. The topological polar surface area (TPSA) is 57.7 Å². The van der Waals surface area contributed by atoms with E-state index >= 15 is 0 Å². The van der Waals surface area contributed by atoms with Crippen LogP contribution in [0.1, 0.15) is 12.8 Å². The molecule has 2 fully saturated rings. The third-order valence-corrected chi connectivity index (χ3v) is 3.49. The van der Waals surface area contributed by atoms with Gasteiger partial charge >= 0.3 is 6.47 Å². The fourth-order valence-corrected chi connectivity index (χ4v) is 2.24. The Labute approximate surface area is 116 Å². The maximum Gasteiger partial charge on any atom is 0.312 e. The number of hydroxylamine groups is 2. The first-order valence-electron chi connectivity index (χ1n) is 6.79. The lowest BCUT2D eigenvalue weighted by atomic mass is 10.3. The monoisotopic (exact) mass is 280 g/mol. The number of nitrogens with one attached hydrogen (secondary N) is 1. The van der Waals surface area contributed by atoms with Crippen LogP contribution in [0.2, 0.25) is 0 Å². The predicted molar refractivity (Wildman–Crippen MR) is 71.8 cm³/mol. The van der Waals surface area contributed by atoms with Gasteiger partial charge in [0.25, 0.3) is 0 Å². The van der Waals surface area contributed by atoms with Crippen LogP contribution in [0.15, 0.2) is 12.1 Å². The minimum atomic E-state index is -0.323. The van der Waals surface area contributed by atoms with Gasteiger partial charge in [0.1, 0.15) is 5.82 Å². The molecule has 1 aromatic heterocycles. The van der Waals surface area contributed by atoms with Gasteiger partial charge in [0, 0.05) is 19.1 Å². The summed E-state index contributed by atoms with van der Waals surface area (Å²) in [6.07, 6.45) is 2.30. The number of nitrogens with zero attached hydrogens (tertiary/aromatic N) is 3. The van der Waals surface area contributed by atoms with Gasteiger partial charge in [-0.2, -0.15) is 0 Å². The fraction of sp³-hybridized carbons (Fsp3) is 0.538. The van der Waals surface area contributed by atoms with E-state index in [0.29, 0.717) is 44.5 Å². The van der Waals surface area contributed by atoms with E-state index in [0.717, 1.165) is 18.7 Å². The molecule has 0 bridgehead atoms. The second-order valence-corrected chi connectivity index (χ2v) is 5.04. The summed E-state index contributed by atoms with van der Waals surface area (Å²) in [5, 5.41) is 4.83. The number of anilines is 2. The number of carbonyl (C=O) groups is 1. The zero-order chi connectivity index (χ0) is 13.9.